The van der Waals surface area contributed by atoms with Crippen molar-refractivity contribution in [2.45, 2.75) is 6.61 Å². The summed E-state index contributed by atoms with van der Waals surface area (Å²) in [5, 5.41) is 10.7. The summed E-state index contributed by atoms with van der Waals surface area (Å²) in [6.07, 6.45) is 0. The van der Waals surface area contributed by atoms with Gasteiger partial charge in [0.2, 0.25) is 0 Å². The number of aromatic nitrogens is 2. The normalized spacial score (nSPS) is 11.0. The van der Waals surface area contributed by atoms with Gasteiger partial charge in [0.05, 0.1) is 17.8 Å². The number of hydrogen-bond donors (Lipinski definition) is 1. The second kappa shape index (κ2) is 6.02. The van der Waals surface area contributed by atoms with E-state index in [1.54, 1.807) is 41.3 Å². The summed E-state index contributed by atoms with van der Waals surface area (Å²) in [5.74, 6) is 0.594. The zero-order chi connectivity index (χ0) is 16.6. The fraction of sp³-hybridized carbons (Fsp3) is 0.176. The predicted octanol–water partition coefficient (Wildman–Crippen LogP) is 2.60. The standard InChI is InChI=1S/C17H16ClN3O2/c1-20(2)16-14-7-6-12(18)9-15(14)21(17(23)19-16)13-5-3-4-11(8-13)10-22/h3-9,22H,10H2,1-2H3. The van der Waals surface area contributed by atoms with Gasteiger partial charge in [-0.05, 0) is 35.9 Å². The van der Waals surface area contributed by atoms with Crippen LogP contribution in [0.25, 0.3) is 16.6 Å². The molecule has 0 amide bonds. The van der Waals surface area contributed by atoms with E-state index in [2.05, 4.69) is 4.98 Å². The van der Waals surface area contributed by atoms with Gasteiger partial charge in [0.15, 0.2) is 0 Å². The third-order valence-electron chi connectivity index (χ3n) is 3.61. The van der Waals surface area contributed by atoms with Crippen LogP contribution in [0.15, 0.2) is 47.3 Å². The Kier molecular flexibility index (Phi) is 4.07. The summed E-state index contributed by atoms with van der Waals surface area (Å²) >= 11 is 6.13. The second-order valence-electron chi connectivity index (χ2n) is 5.44. The van der Waals surface area contributed by atoms with Crippen molar-refractivity contribution >= 4 is 28.3 Å². The first-order valence-electron chi connectivity index (χ1n) is 7.11. The van der Waals surface area contributed by atoms with E-state index < -0.39 is 5.69 Å². The molecule has 0 unspecified atom stereocenters. The van der Waals surface area contributed by atoms with Crippen LogP contribution in [0.3, 0.4) is 0 Å². The zero-order valence-corrected chi connectivity index (χ0v) is 13.6. The van der Waals surface area contributed by atoms with Gasteiger partial charge in [0.1, 0.15) is 5.82 Å². The molecular weight excluding hydrogens is 314 g/mol. The maximum atomic E-state index is 12.6. The first kappa shape index (κ1) is 15.5. The summed E-state index contributed by atoms with van der Waals surface area (Å²) in [4.78, 5) is 18.6. The van der Waals surface area contributed by atoms with E-state index in [4.69, 9.17) is 11.6 Å². The van der Waals surface area contributed by atoms with E-state index in [9.17, 15) is 9.90 Å². The van der Waals surface area contributed by atoms with Crippen molar-refractivity contribution < 1.29 is 5.11 Å². The van der Waals surface area contributed by atoms with Gasteiger partial charge in [0.25, 0.3) is 0 Å². The van der Waals surface area contributed by atoms with Gasteiger partial charge in [-0.3, -0.25) is 4.57 Å². The molecule has 0 saturated carbocycles. The lowest BCUT2D eigenvalue weighted by atomic mass is 10.1. The van der Waals surface area contributed by atoms with E-state index in [-0.39, 0.29) is 6.61 Å². The smallest absolute Gasteiger partial charge is 0.354 e. The largest absolute Gasteiger partial charge is 0.392 e. The fourth-order valence-corrected chi connectivity index (χ4v) is 2.73. The maximum Gasteiger partial charge on any atom is 0.354 e. The Morgan fingerprint density at radius 3 is 2.70 bits per heavy atom. The Hall–Kier alpha value is -2.37. The first-order chi connectivity index (χ1) is 11.0. The number of rotatable bonds is 3. The van der Waals surface area contributed by atoms with Crippen LogP contribution >= 0.6 is 11.6 Å². The zero-order valence-electron chi connectivity index (χ0n) is 12.8. The Morgan fingerprint density at radius 2 is 2.00 bits per heavy atom. The van der Waals surface area contributed by atoms with Crippen LogP contribution in [0.5, 0.6) is 0 Å². The molecule has 118 valence electrons. The van der Waals surface area contributed by atoms with Crippen molar-refractivity contribution in [3.63, 3.8) is 0 Å². The molecule has 0 spiro atoms. The minimum atomic E-state index is -0.390. The van der Waals surface area contributed by atoms with Crippen molar-refractivity contribution in [1.29, 1.82) is 0 Å². The van der Waals surface area contributed by atoms with Gasteiger partial charge in [-0.2, -0.15) is 4.98 Å². The van der Waals surface area contributed by atoms with Crippen LogP contribution < -0.4 is 10.6 Å². The number of hydrogen-bond acceptors (Lipinski definition) is 4. The van der Waals surface area contributed by atoms with Gasteiger partial charge in [-0.15, -0.1) is 0 Å². The average Bonchev–Trinajstić information content (AvgIpc) is 2.53. The second-order valence-corrected chi connectivity index (χ2v) is 5.87. The number of benzene rings is 2. The summed E-state index contributed by atoms with van der Waals surface area (Å²) in [6, 6.07) is 12.5. The molecule has 0 aliphatic heterocycles. The fourth-order valence-electron chi connectivity index (χ4n) is 2.57. The number of nitrogens with zero attached hydrogens (tertiary/aromatic N) is 3. The highest BCUT2D eigenvalue weighted by Crippen LogP contribution is 2.26. The molecule has 0 saturated heterocycles. The number of fused-ring (bicyclic) bond motifs is 1. The van der Waals surface area contributed by atoms with E-state index in [0.717, 1.165) is 10.9 Å². The van der Waals surface area contributed by atoms with E-state index >= 15 is 0 Å². The topological polar surface area (TPSA) is 58.4 Å². The molecule has 3 aromatic rings. The average molecular weight is 330 g/mol. The summed E-state index contributed by atoms with van der Waals surface area (Å²) in [5.41, 5.74) is 1.66. The lowest BCUT2D eigenvalue weighted by Crippen LogP contribution is -2.25. The predicted molar refractivity (Wildman–Crippen MR) is 92.6 cm³/mol. The van der Waals surface area contributed by atoms with E-state index in [0.29, 0.717) is 22.0 Å². The highest BCUT2D eigenvalue weighted by Gasteiger charge is 2.14. The molecule has 3 rings (SSSR count). The summed E-state index contributed by atoms with van der Waals surface area (Å²) in [7, 11) is 3.68. The third-order valence-corrected chi connectivity index (χ3v) is 3.84. The molecule has 23 heavy (non-hydrogen) atoms. The van der Waals surface area contributed by atoms with Gasteiger partial charge in [-0.25, -0.2) is 4.79 Å². The van der Waals surface area contributed by atoms with Crippen LogP contribution in [0.4, 0.5) is 5.82 Å². The summed E-state index contributed by atoms with van der Waals surface area (Å²) in [6.45, 7) is -0.0928. The highest BCUT2D eigenvalue weighted by molar-refractivity contribution is 6.31. The maximum absolute atomic E-state index is 12.6. The first-order valence-corrected chi connectivity index (χ1v) is 7.49. The lowest BCUT2D eigenvalue weighted by Gasteiger charge is -2.17. The molecule has 0 radical (unpaired) electrons. The number of aliphatic hydroxyl groups is 1. The van der Waals surface area contributed by atoms with Crippen LogP contribution in [0, 0.1) is 0 Å². The quantitative estimate of drug-likeness (QED) is 0.802. The summed E-state index contributed by atoms with van der Waals surface area (Å²) < 4.78 is 1.51. The minimum Gasteiger partial charge on any atom is -0.392 e. The van der Waals surface area contributed by atoms with Gasteiger partial charge >= 0.3 is 5.69 Å². The van der Waals surface area contributed by atoms with E-state index in [1.165, 1.54) is 4.57 Å². The van der Waals surface area contributed by atoms with Crippen molar-refractivity contribution in [1.82, 2.24) is 9.55 Å². The van der Waals surface area contributed by atoms with Gasteiger partial charge < -0.3 is 10.0 Å². The van der Waals surface area contributed by atoms with Crippen molar-refractivity contribution in [3.8, 4) is 5.69 Å². The Balaban J connectivity index is 2.41. The Bertz CT molecular complexity index is 935. The minimum absolute atomic E-state index is 0.0928. The molecule has 0 aliphatic carbocycles. The van der Waals surface area contributed by atoms with Gasteiger partial charge in [-0.1, -0.05) is 23.7 Å². The third kappa shape index (κ3) is 2.81. The number of halogens is 1. The molecule has 6 heteroatoms. The number of aliphatic hydroxyl groups excluding tert-OH is 1. The molecule has 1 aromatic heterocycles. The molecule has 0 fully saturated rings. The molecular formula is C17H16ClN3O2. The molecule has 0 atom stereocenters. The van der Waals surface area contributed by atoms with Crippen LogP contribution in [0.1, 0.15) is 5.56 Å². The molecule has 2 aromatic carbocycles. The van der Waals surface area contributed by atoms with Crippen LogP contribution in [-0.2, 0) is 6.61 Å². The lowest BCUT2D eigenvalue weighted by molar-refractivity contribution is 0.282. The molecule has 0 bridgehead atoms. The molecule has 1 N–H and O–H groups in total. The van der Waals surface area contributed by atoms with Crippen molar-refractivity contribution in [2.75, 3.05) is 19.0 Å². The van der Waals surface area contributed by atoms with Crippen molar-refractivity contribution in [3.05, 3.63) is 63.5 Å². The SMILES string of the molecule is CN(C)c1nc(=O)n(-c2cccc(CO)c2)c2cc(Cl)ccc12. The number of anilines is 1. The Morgan fingerprint density at radius 1 is 1.22 bits per heavy atom. The van der Waals surface area contributed by atoms with Crippen LogP contribution in [-0.4, -0.2) is 28.8 Å². The molecule has 1 heterocycles. The monoisotopic (exact) mass is 329 g/mol. The molecule has 0 aliphatic rings. The van der Waals surface area contributed by atoms with Crippen LogP contribution in [0.2, 0.25) is 5.02 Å². The Labute approximate surface area is 138 Å². The molecule has 5 nitrogen and oxygen atoms in total. The van der Waals surface area contributed by atoms with Gasteiger partial charge in [0, 0.05) is 24.5 Å². The van der Waals surface area contributed by atoms with Crippen molar-refractivity contribution in [2.24, 2.45) is 0 Å². The van der Waals surface area contributed by atoms with E-state index in [1.807, 2.05) is 20.2 Å². The highest BCUT2D eigenvalue weighted by atomic mass is 35.5.